The molecule has 1 atom stereocenters. The van der Waals surface area contributed by atoms with Crippen LogP contribution < -0.4 is 0 Å². The molecule has 1 heteroatoms. The first-order valence-electron chi connectivity index (χ1n) is 7.46. The SMILES string of the molecule is Cc1cccc(C(C(=O)c2ccccc2)c2ccccc2)c1. The molecule has 0 aromatic heterocycles. The second-order valence-electron chi connectivity index (χ2n) is 5.49. The highest BCUT2D eigenvalue weighted by atomic mass is 16.1. The predicted molar refractivity (Wildman–Crippen MR) is 90.2 cm³/mol. The molecular weight excluding hydrogens is 268 g/mol. The van der Waals surface area contributed by atoms with Crippen LogP contribution in [0.15, 0.2) is 84.9 Å². The summed E-state index contributed by atoms with van der Waals surface area (Å²) in [4.78, 5) is 13.1. The topological polar surface area (TPSA) is 17.1 Å². The zero-order valence-corrected chi connectivity index (χ0v) is 12.6. The van der Waals surface area contributed by atoms with E-state index in [9.17, 15) is 4.79 Å². The summed E-state index contributed by atoms with van der Waals surface area (Å²) in [6.45, 7) is 2.05. The summed E-state index contributed by atoms with van der Waals surface area (Å²) >= 11 is 0. The van der Waals surface area contributed by atoms with Crippen molar-refractivity contribution in [3.05, 3.63) is 107 Å². The molecular formula is C21H18O. The molecule has 0 bridgehead atoms. The molecule has 3 aromatic carbocycles. The predicted octanol–water partition coefficient (Wildman–Crippen LogP) is 5.01. The largest absolute Gasteiger partial charge is 0.293 e. The van der Waals surface area contributed by atoms with E-state index < -0.39 is 0 Å². The van der Waals surface area contributed by atoms with Crippen LogP contribution >= 0.6 is 0 Å². The Morgan fingerprint density at radius 1 is 0.727 bits per heavy atom. The van der Waals surface area contributed by atoms with Gasteiger partial charge in [0.1, 0.15) is 0 Å². The number of Topliss-reactive ketones (excluding diaryl/α,β-unsaturated/α-hetero) is 1. The summed E-state index contributed by atoms with van der Waals surface area (Å²) < 4.78 is 0. The molecule has 0 N–H and O–H groups in total. The van der Waals surface area contributed by atoms with E-state index in [2.05, 4.69) is 19.1 Å². The maximum absolute atomic E-state index is 13.1. The van der Waals surface area contributed by atoms with Gasteiger partial charge in [-0.3, -0.25) is 4.79 Å². The summed E-state index contributed by atoms with van der Waals surface area (Å²) in [6, 6.07) is 27.7. The van der Waals surface area contributed by atoms with Crippen LogP contribution in [0.4, 0.5) is 0 Å². The van der Waals surface area contributed by atoms with Crippen molar-refractivity contribution in [2.75, 3.05) is 0 Å². The first kappa shape index (κ1) is 14.3. The van der Waals surface area contributed by atoms with Crippen molar-refractivity contribution in [1.82, 2.24) is 0 Å². The molecule has 0 aliphatic heterocycles. The molecule has 22 heavy (non-hydrogen) atoms. The molecule has 0 spiro atoms. The third-order valence-electron chi connectivity index (χ3n) is 3.83. The lowest BCUT2D eigenvalue weighted by molar-refractivity contribution is 0.0974. The number of aryl methyl sites for hydroxylation is 1. The Balaban J connectivity index is 2.10. The molecule has 3 aromatic rings. The average Bonchev–Trinajstić information content (AvgIpc) is 2.57. The smallest absolute Gasteiger partial charge is 0.174 e. The van der Waals surface area contributed by atoms with Gasteiger partial charge in [-0.2, -0.15) is 0 Å². The molecule has 108 valence electrons. The Morgan fingerprint density at radius 2 is 1.32 bits per heavy atom. The summed E-state index contributed by atoms with van der Waals surface area (Å²) in [5.74, 6) is -0.124. The highest BCUT2D eigenvalue weighted by Gasteiger charge is 2.23. The minimum atomic E-state index is -0.261. The number of carbonyl (C=O) groups is 1. The van der Waals surface area contributed by atoms with E-state index in [-0.39, 0.29) is 11.7 Å². The molecule has 3 rings (SSSR count). The van der Waals surface area contributed by atoms with E-state index in [0.717, 1.165) is 16.7 Å². The highest BCUT2D eigenvalue weighted by Crippen LogP contribution is 2.29. The number of rotatable bonds is 4. The molecule has 0 amide bonds. The Bertz CT molecular complexity index is 760. The van der Waals surface area contributed by atoms with Gasteiger partial charge in [0.2, 0.25) is 0 Å². The van der Waals surface area contributed by atoms with Gasteiger partial charge in [0.25, 0.3) is 0 Å². The summed E-state index contributed by atoms with van der Waals surface area (Å²) in [5.41, 5.74) is 3.99. The van der Waals surface area contributed by atoms with Crippen LogP contribution in [-0.2, 0) is 0 Å². The second kappa shape index (κ2) is 6.40. The van der Waals surface area contributed by atoms with Crippen LogP contribution in [0, 0.1) is 6.92 Å². The number of carbonyl (C=O) groups excluding carboxylic acids is 1. The zero-order valence-electron chi connectivity index (χ0n) is 12.6. The third-order valence-corrected chi connectivity index (χ3v) is 3.83. The van der Waals surface area contributed by atoms with Gasteiger partial charge >= 0.3 is 0 Å². The van der Waals surface area contributed by atoms with Crippen LogP contribution in [0.25, 0.3) is 0 Å². The molecule has 1 nitrogen and oxygen atoms in total. The molecule has 0 aliphatic carbocycles. The van der Waals surface area contributed by atoms with E-state index in [0.29, 0.717) is 0 Å². The van der Waals surface area contributed by atoms with E-state index >= 15 is 0 Å². The fourth-order valence-electron chi connectivity index (χ4n) is 2.76. The van der Waals surface area contributed by atoms with Crippen molar-refractivity contribution >= 4 is 5.78 Å². The molecule has 0 saturated heterocycles. The quantitative estimate of drug-likeness (QED) is 0.616. The second-order valence-corrected chi connectivity index (χ2v) is 5.49. The Hall–Kier alpha value is -2.67. The van der Waals surface area contributed by atoms with Crippen molar-refractivity contribution in [3.8, 4) is 0 Å². The van der Waals surface area contributed by atoms with Crippen molar-refractivity contribution in [2.24, 2.45) is 0 Å². The lowest BCUT2D eigenvalue weighted by Crippen LogP contribution is -2.14. The van der Waals surface area contributed by atoms with Gasteiger partial charge in [0, 0.05) is 5.56 Å². The van der Waals surface area contributed by atoms with Crippen LogP contribution in [0.3, 0.4) is 0 Å². The molecule has 0 heterocycles. The maximum Gasteiger partial charge on any atom is 0.174 e. The third kappa shape index (κ3) is 2.99. The van der Waals surface area contributed by atoms with E-state index in [1.807, 2.05) is 72.8 Å². The average molecular weight is 286 g/mol. The van der Waals surface area contributed by atoms with Gasteiger partial charge in [0.05, 0.1) is 5.92 Å². The number of benzene rings is 3. The van der Waals surface area contributed by atoms with Crippen molar-refractivity contribution in [1.29, 1.82) is 0 Å². The standard InChI is InChI=1S/C21H18O/c1-16-9-8-14-19(15-16)20(17-10-4-2-5-11-17)21(22)18-12-6-3-7-13-18/h2-15,20H,1H3. The fraction of sp³-hybridized carbons (Fsp3) is 0.0952. The van der Waals surface area contributed by atoms with E-state index in [1.165, 1.54) is 5.56 Å². The molecule has 0 saturated carbocycles. The van der Waals surface area contributed by atoms with Crippen LogP contribution in [0.2, 0.25) is 0 Å². The number of hydrogen-bond acceptors (Lipinski definition) is 1. The number of hydrogen-bond donors (Lipinski definition) is 0. The number of ketones is 1. The van der Waals surface area contributed by atoms with Crippen LogP contribution in [0.1, 0.15) is 33.0 Å². The van der Waals surface area contributed by atoms with E-state index in [4.69, 9.17) is 0 Å². The highest BCUT2D eigenvalue weighted by molar-refractivity contribution is 6.03. The first-order valence-corrected chi connectivity index (χ1v) is 7.46. The normalized spacial score (nSPS) is 11.9. The zero-order chi connectivity index (χ0) is 15.4. The van der Waals surface area contributed by atoms with Gasteiger partial charge in [-0.05, 0) is 18.1 Å². The lowest BCUT2D eigenvalue weighted by Gasteiger charge is -2.17. The Kier molecular flexibility index (Phi) is 4.15. The Morgan fingerprint density at radius 3 is 1.95 bits per heavy atom. The minimum absolute atomic E-state index is 0.136. The molecule has 0 fully saturated rings. The monoisotopic (exact) mass is 286 g/mol. The van der Waals surface area contributed by atoms with Gasteiger partial charge in [-0.1, -0.05) is 90.5 Å². The van der Waals surface area contributed by atoms with Gasteiger partial charge < -0.3 is 0 Å². The van der Waals surface area contributed by atoms with Crippen molar-refractivity contribution in [2.45, 2.75) is 12.8 Å². The lowest BCUT2D eigenvalue weighted by atomic mass is 9.84. The summed E-state index contributed by atoms with van der Waals surface area (Å²) in [5, 5.41) is 0. The van der Waals surface area contributed by atoms with Crippen molar-refractivity contribution < 1.29 is 4.79 Å². The minimum Gasteiger partial charge on any atom is -0.293 e. The first-order chi connectivity index (χ1) is 10.8. The van der Waals surface area contributed by atoms with Gasteiger partial charge in [-0.15, -0.1) is 0 Å². The molecule has 1 unspecified atom stereocenters. The van der Waals surface area contributed by atoms with Gasteiger partial charge in [0.15, 0.2) is 5.78 Å². The van der Waals surface area contributed by atoms with Crippen LogP contribution in [-0.4, -0.2) is 5.78 Å². The Labute approximate surface area is 131 Å². The van der Waals surface area contributed by atoms with Gasteiger partial charge in [-0.25, -0.2) is 0 Å². The maximum atomic E-state index is 13.1. The fourth-order valence-corrected chi connectivity index (χ4v) is 2.76. The van der Waals surface area contributed by atoms with Crippen LogP contribution in [0.5, 0.6) is 0 Å². The van der Waals surface area contributed by atoms with Crippen molar-refractivity contribution in [3.63, 3.8) is 0 Å². The summed E-state index contributed by atoms with van der Waals surface area (Å²) in [6.07, 6.45) is 0. The molecule has 0 aliphatic rings. The molecule has 0 radical (unpaired) electrons. The summed E-state index contributed by atoms with van der Waals surface area (Å²) in [7, 11) is 0. The van der Waals surface area contributed by atoms with E-state index in [1.54, 1.807) is 0 Å².